The Morgan fingerprint density at radius 3 is 2.53 bits per heavy atom. The zero-order valence-electron chi connectivity index (χ0n) is 21.9. The number of halogens is 1. The molecule has 0 unspecified atom stereocenters. The van der Waals surface area contributed by atoms with Gasteiger partial charge in [0, 0.05) is 24.7 Å². The summed E-state index contributed by atoms with van der Waals surface area (Å²) in [5.41, 5.74) is 3.16. The van der Waals surface area contributed by atoms with Gasteiger partial charge in [-0.3, -0.25) is 15.0 Å². The molecule has 1 amide bonds. The molecule has 1 saturated carbocycles. The van der Waals surface area contributed by atoms with Gasteiger partial charge < -0.3 is 4.57 Å². The lowest BCUT2D eigenvalue weighted by atomic mass is 9.95. The minimum absolute atomic E-state index is 0.128. The molecule has 1 aromatic heterocycles. The van der Waals surface area contributed by atoms with E-state index in [1.165, 1.54) is 62.4 Å². The van der Waals surface area contributed by atoms with Gasteiger partial charge in [0.25, 0.3) is 15.9 Å². The van der Waals surface area contributed by atoms with Gasteiger partial charge in [-0.1, -0.05) is 37.8 Å². The molecule has 10 heteroatoms. The number of carbonyl (C=O) groups excluding carboxylic acids is 1. The van der Waals surface area contributed by atoms with Crippen LogP contribution in [0.3, 0.4) is 0 Å². The van der Waals surface area contributed by atoms with E-state index < -0.39 is 15.9 Å². The quantitative estimate of drug-likeness (QED) is 0.371. The van der Waals surface area contributed by atoms with Crippen molar-refractivity contribution in [2.75, 3.05) is 25.0 Å². The molecule has 204 valence electrons. The Balaban J connectivity index is 1.45. The first kappa shape index (κ1) is 26.8. The second-order valence-corrected chi connectivity index (χ2v) is 12.2. The number of amides is 1. The molecule has 1 saturated heterocycles. The predicted octanol–water partition coefficient (Wildman–Crippen LogP) is 5.67. The molecule has 0 bridgehead atoms. The van der Waals surface area contributed by atoms with E-state index in [0.717, 1.165) is 56.4 Å². The summed E-state index contributed by atoms with van der Waals surface area (Å²) in [6.45, 7) is 4.20. The van der Waals surface area contributed by atoms with Crippen LogP contribution in [0, 0.1) is 0 Å². The standard InChI is InChI=1S/C28H36FN5O3S/c1-2-33(29)38(36,37)24-13-9-10-22(19-24)27(35)31-28-30-25-18-21(20-32-16-7-4-8-17-32)14-15-26(25)34(28)23-11-5-3-6-12-23/h9-10,13-15,18-19,23H,2-8,11-12,16-17,20H2,1H3,(H,30,31,35). The van der Waals surface area contributed by atoms with Crippen LogP contribution in [0.5, 0.6) is 0 Å². The van der Waals surface area contributed by atoms with Crippen molar-refractivity contribution in [2.45, 2.75) is 75.8 Å². The summed E-state index contributed by atoms with van der Waals surface area (Å²) >= 11 is 0. The van der Waals surface area contributed by atoms with Crippen molar-refractivity contribution in [3.63, 3.8) is 0 Å². The van der Waals surface area contributed by atoms with E-state index in [1.807, 2.05) is 0 Å². The summed E-state index contributed by atoms with van der Waals surface area (Å²) in [4.78, 5) is 20.4. The number of rotatable bonds is 8. The number of likely N-dealkylation sites (tertiary alicyclic amines) is 1. The van der Waals surface area contributed by atoms with Gasteiger partial charge in [-0.15, -0.1) is 4.48 Å². The van der Waals surface area contributed by atoms with Crippen molar-refractivity contribution < 1.29 is 17.7 Å². The summed E-state index contributed by atoms with van der Waals surface area (Å²) in [5.74, 6) is -0.0224. The molecule has 2 aromatic carbocycles. The van der Waals surface area contributed by atoms with Crippen LogP contribution in [-0.4, -0.2) is 52.9 Å². The number of anilines is 1. The number of fused-ring (bicyclic) bond motifs is 1. The van der Waals surface area contributed by atoms with Crippen molar-refractivity contribution in [1.29, 1.82) is 0 Å². The number of nitrogens with zero attached hydrogens (tertiary/aromatic N) is 4. The summed E-state index contributed by atoms with van der Waals surface area (Å²) in [5, 5.41) is 2.94. The van der Waals surface area contributed by atoms with E-state index in [4.69, 9.17) is 4.98 Å². The Morgan fingerprint density at radius 2 is 1.79 bits per heavy atom. The Kier molecular flexibility index (Phi) is 8.11. The topological polar surface area (TPSA) is 87.5 Å². The van der Waals surface area contributed by atoms with Crippen molar-refractivity contribution in [3.05, 3.63) is 53.6 Å². The molecule has 2 heterocycles. The molecule has 1 aliphatic heterocycles. The number of piperidine rings is 1. The molecule has 1 N–H and O–H groups in total. The van der Waals surface area contributed by atoms with Gasteiger partial charge in [0.2, 0.25) is 5.95 Å². The average Bonchev–Trinajstić information content (AvgIpc) is 3.30. The van der Waals surface area contributed by atoms with E-state index in [-0.39, 0.29) is 27.6 Å². The van der Waals surface area contributed by atoms with E-state index in [2.05, 4.69) is 33.0 Å². The first-order valence-corrected chi connectivity index (χ1v) is 15.1. The van der Waals surface area contributed by atoms with Crippen LogP contribution in [0.25, 0.3) is 11.0 Å². The number of hydrogen-bond acceptors (Lipinski definition) is 5. The third kappa shape index (κ3) is 5.62. The second kappa shape index (κ2) is 11.5. The van der Waals surface area contributed by atoms with Gasteiger partial charge >= 0.3 is 0 Å². The maximum absolute atomic E-state index is 14.0. The van der Waals surface area contributed by atoms with Gasteiger partial charge in [0.15, 0.2) is 0 Å². The molecular weight excluding hydrogens is 505 g/mol. The van der Waals surface area contributed by atoms with Crippen LogP contribution in [0.15, 0.2) is 47.4 Å². The SMILES string of the molecule is CCN(F)S(=O)(=O)c1cccc(C(=O)Nc2nc3cc(CN4CCCCC4)ccc3n2C2CCCCC2)c1. The minimum Gasteiger partial charge on any atom is -0.307 e. The third-order valence-corrected chi connectivity index (χ3v) is 9.31. The zero-order chi connectivity index (χ0) is 26.7. The van der Waals surface area contributed by atoms with E-state index >= 15 is 0 Å². The highest BCUT2D eigenvalue weighted by Gasteiger charge is 2.26. The van der Waals surface area contributed by atoms with Crippen LogP contribution in [0.1, 0.15) is 80.3 Å². The maximum Gasteiger partial charge on any atom is 0.269 e. The molecule has 2 fully saturated rings. The Hall–Kier alpha value is -2.82. The molecule has 1 aliphatic carbocycles. The van der Waals surface area contributed by atoms with Crippen LogP contribution >= 0.6 is 0 Å². The lowest BCUT2D eigenvalue weighted by molar-refractivity contribution is 0.102. The zero-order valence-corrected chi connectivity index (χ0v) is 22.7. The van der Waals surface area contributed by atoms with Crippen LogP contribution in [0.4, 0.5) is 10.4 Å². The van der Waals surface area contributed by atoms with Crippen molar-refractivity contribution in [1.82, 2.24) is 19.0 Å². The Morgan fingerprint density at radius 1 is 1.05 bits per heavy atom. The van der Waals surface area contributed by atoms with Crippen LogP contribution in [-0.2, 0) is 16.6 Å². The van der Waals surface area contributed by atoms with Gasteiger partial charge in [-0.05, 0) is 86.1 Å². The largest absolute Gasteiger partial charge is 0.307 e. The number of sulfonamides is 1. The fourth-order valence-electron chi connectivity index (χ4n) is 5.67. The number of imidazole rings is 1. The lowest BCUT2D eigenvalue weighted by Crippen LogP contribution is -2.29. The number of hydrogen-bond donors (Lipinski definition) is 1. The first-order chi connectivity index (χ1) is 18.4. The molecule has 8 nitrogen and oxygen atoms in total. The molecule has 0 atom stereocenters. The van der Waals surface area contributed by atoms with Crippen molar-refractivity contribution >= 4 is 32.9 Å². The van der Waals surface area contributed by atoms with Gasteiger partial charge in [0.05, 0.1) is 15.9 Å². The molecule has 38 heavy (non-hydrogen) atoms. The Labute approximate surface area is 223 Å². The van der Waals surface area contributed by atoms with E-state index in [0.29, 0.717) is 5.95 Å². The summed E-state index contributed by atoms with van der Waals surface area (Å²) in [7, 11) is -4.32. The van der Waals surface area contributed by atoms with Crippen LogP contribution in [0.2, 0.25) is 0 Å². The van der Waals surface area contributed by atoms with E-state index in [9.17, 15) is 17.7 Å². The number of carbonyl (C=O) groups is 1. The highest BCUT2D eigenvalue weighted by atomic mass is 32.2. The second-order valence-electron chi connectivity index (χ2n) is 10.3. The molecular formula is C28H36FN5O3S. The smallest absolute Gasteiger partial charge is 0.269 e. The summed E-state index contributed by atoms with van der Waals surface area (Å²) in [6, 6.07) is 12.1. The normalized spacial score (nSPS) is 17.8. The molecule has 5 rings (SSSR count). The van der Waals surface area contributed by atoms with Gasteiger partial charge in [-0.25, -0.2) is 13.4 Å². The number of aromatic nitrogens is 2. The molecule has 2 aliphatic rings. The minimum atomic E-state index is -4.32. The van der Waals surface area contributed by atoms with Crippen molar-refractivity contribution in [3.8, 4) is 0 Å². The van der Waals surface area contributed by atoms with Gasteiger partial charge in [-0.2, -0.15) is 0 Å². The monoisotopic (exact) mass is 541 g/mol. The summed E-state index contributed by atoms with van der Waals surface area (Å²) < 4.78 is 40.8. The molecule has 0 spiro atoms. The predicted molar refractivity (Wildman–Crippen MR) is 146 cm³/mol. The fourth-order valence-corrected chi connectivity index (χ4v) is 6.77. The van der Waals surface area contributed by atoms with E-state index in [1.54, 1.807) is 0 Å². The lowest BCUT2D eigenvalue weighted by Gasteiger charge is -2.26. The average molecular weight is 542 g/mol. The van der Waals surface area contributed by atoms with Gasteiger partial charge in [0.1, 0.15) is 0 Å². The summed E-state index contributed by atoms with van der Waals surface area (Å²) in [6.07, 6.45) is 9.25. The first-order valence-electron chi connectivity index (χ1n) is 13.7. The maximum atomic E-state index is 14.0. The number of nitrogens with one attached hydrogen (secondary N) is 1. The number of benzene rings is 2. The Bertz CT molecular complexity index is 1390. The van der Waals surface area contributed by atoms with Crippen LogP contribution < -0.4 is 5.32 Å². The highest BCUT2D eigenvalue weighted by molar-refractivity contribution is 7.89. The molecule has 0 radical (unpaired) electrons. The molecule has 3 aromatic rings. The highest BCUT2D eigenvalue weighted by Crippen LogP contribution is 2.35. The van der Waals surface area contributed by atoms with Crippen molar-refractivity contribution in [2.24, 2.45) is 0 Å². The third-order valence-electron chi connectivity index (χ3n) is 7.68. The fraction of sp³-hybridized carbons (Fsp3) is 0.500.